The highest BCUT2D eigenvalue weighted by atomic mass is 35.5. The molecule has 1 saturated heterocycles. The van der Waals surface area contributed by atoms with Crippen molar-refractivity contribution in [1.82, 2.24) is 10.2 Å². The monoisotopic (exact) mass is 270 g/mol. The number of nitrogens with zero attached hydrogens (tertiary/aromatic N) is 1. The molecule has 100 valence electrons. The summed E-state index contributed by atoms with van der Waals surface area (Å²) in [4.78, 5) is 14.3. The average molecular weight is 271 g/mol. The number of carbonyl (C=O) groups is 1. The zero-order valence-electron chi connectivity index (χ0n) is 10.7. The van der Waals surface area contributed by atoms with Crippen LogP contribution < -0.4 is 10.1 Å². The van der Waals surface area contributed by atoms with Gasteiger partial charge in [0.15, 0.2) is 0 Å². The van der Waals surface area contributed by atoms with Gasteiger partial charge < -0.3 is 15.0 Å². The number of hydrogen-bond acceptors (Lipinski definition) is 3. The molecule has 1 aromatic rings. The third-order valence-electron chi connectivity index (χ3n) is 3.10. The van der Waals surface area contributed by atoms with E-state index in [4.69, 9.17) is 4.74 Å². The number of piperazine rings is 1. The molecule has 1 aromatic carbocycles. The van der Waals surface area contributed by atoms with Gasteiger partial charge in [-0.1, -0.05) is 12.1 Å². The Morgan fingerprint density at radius 3 is 2.83 bits per heavy atom. The van der Waals surface area contributed by atoms with Gasteiger partial charge in [0.05, 0.1) is 12.7 Å². The quantitative estimate of drug-likeness (QED) is 0.887. The van der Waals surface area contributed by atoms with Crippen molar-refractivity contribution in [3.05, 3.63) is 29.8 Å². The Balaban J connectivity index is 0.00000162. The molecule has 4 nitrogen and oxygen atoms in total. The van der Waals surface area contributed by atoms with E-state index < -0.39 is 0 Å². The highest BCUT2D eigenvalue weighted by Gasteiger charge is 2.25. The van der Waals surface area contributed by atoms with E-state index in [9.17, 15) is 4.79 Å². The summed E-state index contributed by atoms with van der Waals surface area (Å²) >= 11 is 0. The van der Waals surface area contributed by atoms with Crippen LogP contribution in [-0.2, 0) is 0 Å². The van der Waals surface area contributed by atoms with Gasteiger partial charge in [0.2, 0.25) is 0 Å². The van der Waals surface area contributed by atoms with Crippen LogP contribution in [0.25, 0.3) is 0 Å². The van der Waals surface area contributed by atoms with Crippen molar-refractivity contribution in [3.8, 4) is 5.75 Å². The Bertz CT molecular complexity index is 412. The first kappa shape index (κ1) is 14.8. The van der Waals surface area contributed by atoms with Crippen LogP contribution in [0.5, 0.6) is 5.75 Å². The molecule has 1 amide bonds. The van der Waals surface area contributed by atoms with Gasteiger partial charge in [-0.2, -0.15) is 0 Å². The highest BCUT2D eigenvalue weighted by Crippen LogP contribution is 2.20. The van der Waals surface area contributed by atoms with Crippen LogP contribution >= 0.6 is 12.4 Å². The molecule has 1 aliphatic rings. The second-order valence-corrected chi connectivity index (χ2v) is 4.25. The number of methoxy groups -OCH3 is 1. The fourth-order valence-corrected chi connectivity index (χ4v) is 2.12. The maximum absolute atomic E-state index is 12.4. The van der Waals surface area contributed by atoms with Crippen LogP contribution in [0.1, 0.15) is 17.3 Å². The summed E-state index contributed by atoms with van der Waals surface area (Å²) in [6.45, 7) is 4.50. The number of carbonyl (C=O) groups excluding carboxylic acids is 1. The van der Waals surface area contributed by atoms with E-state index in [1.807, 2.05) is 29.2 Å². The molecule has 18 heavy (non-hydrogen) atoms. The van der Waals surface area contributed by atoms with E-state index in [2.05, 4.69) is 12.2 Å². The number of amides is 1. The average Bonchev–Trinajstić information content (AvgIpc) is 2.38. The zero-order valence-corrected chi connectivity index (χ0v) is 11.5. The Morgan fingerprint density at radius 1 is 1.44 bits per heavy atom. The van der Waals surface area contributed by atoms with Crippen LogP contribution in [0.4, 0.5) is 0 Å². The third-order valence-corrected chi connectivity index (χ3v) is 3.10. The highest BCUT2D eigenvalue weighted by molar-refractivity contribution is 5.97. The summed E-state index contributed by atoms with van der Waals surface area (Å²) in [5, 5.41) is 3.27. The van der Waals surface area contributed by atoms with Crippen molar-refractivity contribution in [2.45, 2.75) is 13.0 Å². The fraction of sp³-hybridized carbons (Fsp3) is 0.462. The molecule has 1 atom stereocenters. The van der Waals surface area contributed by atoms with Crippen LogP contribution in [0.3, 0.4) is 0 Å². The van der Waals surface area contributed by atoms with Crippen molar-refractivity contribution in [2.24, 2.45) is 0 Å². The Labute approximate surface area is 114 Å². The first-order valence-corrected chi connectivity index (χ1v) is 5.88. The van der Waals surface area contributed by atoms with E-state index in [0.717, 1.165) is 19.6 Å². The summed E-state index contributed by atoms with van der Waals surface area (Å²) in [5.41, 5.74) is 0.642. The first-order chi connectivity index (χ1) is 8.24. The predicted octanol–water partition coefficient (Wildman–Crippen LogP) is 1.55. The molecule has 0 radical (unpaired) electrons. The number of nitrogens with one attached hydrogen (secondary N) is 1. The fourth-order valence-electron chi connectivity index (χ4n) is 2.12. The molecule has 0 bridgehead atoms. The minimum atomic E-state index is 0. The van der Waals surface area contributed by atoms with E-state index >= 15 is 0 Å². The molecule has 1 fully saturated rings. The molecular weight excluding hydrogens is 252 g/mol. The van der Waals surface area contributed by atoms with Gasteiger partial charge in [-0.3, -0.25) is 4.79 Å². The zero-order chi connectivity index (χ0) is 12.3. The Morgan fingerprint density at radius 2 is 2.17 bits per heavy atom. The maximum atomic E-state index is 12.4. The summed E-state index contributed by atoms with van der Waals surface area (Å²) < 4.78 is 5.23. The number of ether oxygens (including phenoxy) is 1. The summed E-state index contributed by atoms with van der Waals surface area (Å²) in [5.74, 6) is 0.694. The number of hydrogen-bond donors (Lipinski definition) is 1. The van der Waals surface area contributed by atoms with E-state index in [1.54, 1.807) is 7.11 Å². The van der Waals surface area contributed by atoms with Crippen molar-refractivity contribution >= 4 is 18.3 Å². The number of para-hydroxylation sites is 1. The second kappa shape index (κ2) is 6.61. The molecule has 0 aliphatic carbocycles. The van der Waals surface area contributed by atoms with Gasteiger partial charge in [-0.05, 0) is 19.1 Å². The molecule has 0 aromatic heterocycles. The van der Waals surface area contributed by atoms with Crippen molar-refractivity contribution in [3.63, 3.8) is 0 Å². The topological polar surface area (TPSA) is 41.6 Å². The SMILES string of the molecule is COc1ccccc1C(=O)N1CCNC[C@@H]1C.Cl. The minimum absolute atomic E-state index is 0. The van der Waals surface area contributed by atoms with Crippen LogP contribution in [0, 0.1) is 0 Å². The third kappa shape index (κ3) is 2.94. The standard InChI is InChI=1S/C13H18N2O2.ClH/c1-10-9-14-7-8-15(10)13(16)11-5-3-4-6-12(11)17-2;/h3-6,10,14H,7-9H2,1-2H3;1H/t10-;/m0./s1. The molecule has 1 heterocycles. The maximum Gasteiger partial charge on any atom is 0.257 e. The molecule has 1 N–H and O–H groups in total. The van der Waals surface area contributed by atoms with Gasteiger partial charge in [0.25, 0.3) is 5.91 Å². The molecule has 0 saturated carbocycles. The summed E-state index contributed by atoms with van der Waals surface area (Å²) in [6, 6.07) is 7.59. The lowest BCUT2D eigenvalue weighted by atomic mass is 10.1. The largest absolute Gasteiger partial charge is 0.496 e. The van der Waals surface area contributed by atoms with Crippen LogP contribution in [-0.4, -0.2) is 43.6 Å². The minimum Gasteiger partial charge on any atom is -0.496 e. The van der Waals surface area contributed by atoms with E-state index in [0.29, 0.717) is 11.3 Å². The van der Waals surface area contributed by atoms with Gasteiger partial charge >= 0.3 is 0 Å². The Kier molecular flexibility index (Phi) is 5.44. The van der Waals surface area contributed by atoms with Gasteiger partial charge in [0.1, 0.15) is 5.75 Å². The van der Waals surface area contributed by atoms with Crippen LogP contribution in [0.15, 0.2) is 24.3 Å². The predicted molar refractivity (Wildman–Crippen MR) is 73.6 cm³/mol. The number of benzene rings is 1. The van der Waals surface area contributed by atoms with E-state index in [-0.39, 0.29) is 24.4 Å². The van der Waals surface area contributed by atoms with Gasteiger partial charge in [-0.25, -0.2) is 0 Å². The van der Waals surface area contributed by atoms with Gasteiger partial charge in [-0.15, -0.1) is 12.4 Å². The normalized spacial score (nSPS) is 19.0. The van der Waals surface area contributed by atoms with Crippen molar-refractivity contribution in [1.29, 1.82) is 0 Å². The number of rotatable bonds is 2. The molecule has 1 aliphatic heterocycles. The number of halogens is 1. The lowest BCUT2D eigenvalue weighted by Gasteiger charge is -2.34. The lowest BCUT2D eigenvalue weighted by molar-refractivity contribution is 0.0652. The van der Waals surface area contributed by atoms with Gasteiger partial charge in [0, 0.05) is 25.7 Å². The molecular formula is C13H19ClN2O2. The summed E-state index contributed by atoms with van der Waals surface area (Å²) in [6.07, 6.45) is 0. The van der Waals surface area contributed by atoms with Crippen molar-refractivity contribution < 1.29 is 9.53 Å². The molecule has 0 spiro atoms. The van der Waals surface area contributed by atoms with Crippen molar-refractivity contribution in [2.75, 3.05) is 26.7 Å². The first-order valence-electron chi connectivity index (χ1n) is 5.88. The lowest BCUT2D eigenvalue weighted by Crippen LogP contribution is -2.52. The van der Waals surface area contributed by atoms with E-state index in [1.165, 1.54) is 0 Å². The van der Waals surface area contributed by atoms with Crippen LogP contribution in [0.2, 0.25) is 0 Å². The second-order valence-electron chi connectivity index (χ2n) is 4.25. The molecule has 5 heteroatoms. The molecule has 0 unspecified atom stereocenters. The molecule has 2 rings (SSSR count). The summed E-state index contributed by atoms with van der Waals surface area (Å²) in [7, 11) is 1.59. The smallest absolute Gasteiger partial charge is 0.257 e. The Hall–Kier alpha value is -1.26.